The van der Waals surface area contributed by atoms with Gasteiger partial charge in [0.25, 0.3) is 0 Å². The molecular weight excluding hydrogens is 283 g/mol. The molecule has 0 spiro atoms. The van der Waals surface area contributed by atoms with E-state index in [0.29, 0.717) is 0 Å². The van der Waals surface area contributed by atoms with Crippen molar-refractivity contribution < 1.29 is 0 Å². The molecule has 0 N–H and O–H groups in total. The first-order chi connectivity index (χ1) is 6.85. The summed E-state index contributed by atoms with van der Waals surface area (Å²) in [7, 11) is 0. The van der Waals surface area contributed by atoms with Crippen molar-refractivity contribution in [3.63, 3.8) is 0 Å². The van der Waals surface area contributed by atoms with Crippen molar-refractivity contribution in [2.24, 2.45) is 5.92 Å². The molecule has 0 aromatic carbocycles. The van der Waals surface area contributed by atoms with Gasteiger partial charge in [0.1, 0.15) is 0 Å². The Kier molecular flexibility index (Phi) is 12.4. The van der Waals surface area contributed by atoms with Crippen LogP contribution in [0, 0.1) is 5.92 Å². The minimum Gasteiger partial charge on any atom is -0.0864 e. The van der Waals surface area contributed by atoms with E-state index >= 15 is 0 Å². The Balaban J connectivity index is 3.40. The molecule has 0 aliphatic heterocycles. The molecule has 0 radical (unpaired) electrons. The zero-order valence-electron chi connectivity index (χ0n) is 10.0. The van der Waals surface area contributed by atoms with Crippen LogP contribution in [0.4, 0.5) is 0 Å². The molecule has 0 heterocycles. The topological polar surface area (TPSA) is 0 Å². The highest BCUT2D eigenvalue weighted by atomic mass is 127. The molecule has 1 heteroatoms. The molecule has 1 unspecified atom stereocenters. The first kappa shape index (κ1) is 14.7. The van der Waals surface area contributed by atoms with Gasteiger partial charge in [0.05, 0.1) is 0 Å². The third-order valence-corrected chi connectivity index (χ3v) is 3.57. The average molecular weight is 310 g/mol. The average Bonchev–Trinajstić information content (AvgIpc) is 2.20. The minimum absolute atomic E-state index is 1.03. The van der Waals surface area contributed by atoms with E-state index in [2.05, 4.69) is 36.4 Å². The van der Waals surface area contributed by atoms with Crippen LogP contribution in [-0.2, 0) is 0 Å². The second kappa shape index (κ2) is 11.8. The maximum atomic E-state index is 2.52. The fourth-order valence-electron chi connectivity index (χ4n) is 1.94. The van der Waals surface area contributed by atoms with E-state index in [1.165, 1.54) is 62.2 Å². The van der Waals surface area contributed by atoms with Gasteiger partial charge in [-0.3, -0.25) is 0 Å². The zero-order valence-corrected chi connectivity index (χ0v) is 12.2. The van der Waals surface area contributed by atoms with E-state index in [-0.39, 0.29) is 0 Å². The summed E-state index contributed by atoms with van der Waals surface area (Å²) < 4.78 is 1.35. The Bertz CT molecular complexity index is 101. The minimum atomic E-state index is 1.03. The summed E-state index contributed by atoms with van der Waals surface area (Å²) in [4.78, 5) is 0. The van der Waals surface area contributed by atoms with E-state index in [9.17, 15) is 0 Å². The van der Waals surface area contributed by atoms with Crippen LogP contribution >= 0.6 is 22.6 Å². The number of alkyl halides is 1. The Labute approximate surface area is 104 Å². The normalized spacial score (nSPS) is 13.1. The summed E-state index contributed by atoms with van der Waals surface area (Å²) in [5.74, 6) is 1.03. The molecule has 14 heavy (non-hydrogen) atoms. The lowest BCUT2D eigenvalue weighted by molar-refractivity contribution is 0.406. The SMILES string of the molecule is CCCCCCC(CCI)CCCC. The number of halogens is 1. The molecule has 0 bridgehead atoms. The first-order valence-corrected chi connectivity index (χ1v) is 7.93. The van der Waals surface area contributed by atoms with Gasteiger partial charge >= 0.3 is 0 Å². The molecule has 0 aromatic rings. The summed E-state index contributed by atoms with van der Waals surface area (Å²) in [6, 6.07) is 0. The van der Waals surface area contributed by atoms with E-state index in [1.807, 2.05) is 0 Å². The third-order valence-electron chi connectivity index (χ3n) is 2.95. The standard InChI is InChI=1S/C13H27I/c1-3-5-7-8-10-13(11-12-14)9-6-4-2/h13H,3-12H2,1-2H3. The lowest BCUT2D eigenvalue weighted by Crippen LogP contribution is -2.01. The van der Waals surface area contributed by atoms with Gasteiger partial charge < -0.3 is 0 Å². The number of unbranched alkanes of at least 4 members (excludes halogenated alkanes) is 4. The fourth-order valence-corrected chi connectivity index (χ4v) is 2.82. The third kappa shape index (κ3) is 9.29. The summed E-state index contributed by atoms with van der Waals surface area (Å²) in [5.41, 5.74) is 0. The van der Waals surface area contributed by atoms with Crippen molar-refractivity contribution in [3.8, 4) is 0 Å². The Morgan fingerprint density at radius 3 is 2.00 bits per heavy atom. The van der Waals surface area contributed by atoms with Gasteiger partial charge in [-0.2, -0.15) is 0 Å². The predicted octanol–water partition coefficient (Wildman–Crippen LogP) is 5.59. The van der Waals surface area contributed by atoms with E-state index in [1.54, 1.807) is 0 Å². The van der Waals surface area contributed by atoms with Crippen LogP contribution in [0.25, 0.3) is 0 Å². The van der Waals surface area contributed by atoms with Crippen LogP contribution < -0.4 is 0 Å². The molecule has 0 nitrogen and oxygen atoms in total. The Morgan fingerprint density at radius 1 is 0.786 bits per heavy atom. The lowest BCUT2D eigenvalue weighted by atomic mass is 9.93. The molecule has 0 saturated carbocycles. The van der Waals surface area contributed by atoms with Crippen LogP contribution in [0.1, 0.15) is 71.6 Å². The smallest absolute Gasteiger partial charge is 0.000209 e. The van der Waals surface area contributed by atoms with Gasteiger partial charge in [-0.15, -0.1) is 0 Å². The Hall–Kier alpha value is 0.730. The molecule has 0 saturated heterocycles. The van der Waals surface area contributed by atoms with Gasteiger partial charge in [0.2, 0.25) is 0 Å². The summed E-state index contributed by atoms with van der Waals surface area (Å²) in [6.07, 6.45) is 13.0. The molecule has 0 fully saturated rings. The van der Waals surface area contributed by atoms with Gasteiger partial charge in [0, 0.05) is 0 Å². The maximum absolute atomic E-state index is 2.52. The van der Waals surface area contributed by atoms with Crippen LogP contribution in [-0.4, -0.2) is 4.43 Å². The second-order valence-electron chi connectivity index (χ2n) is 4.34. The van der Waals surface area contributed by atoms with E-state index in [0.717, 1.165) is 5.92 Å². The fraction of sp³-hybridized carbons (Fsp3) is 1.00. The highest BCUT2D eigenvalue weighted by Gasteiger charge is 2.06. The quantitative estimate of drug-likeness (QED) is 0.280. The molecule has 0 aliphatic carbocycles. The second-order valence-corrected chi connectivity index (χ2v) is 5.41. The van der Waals surface area contributed by atoms with Crippen molar-refractivity contribution in [2.75, 3.05) is 4.43 Å². The highest BCUT2D eigenvalue weighted by Crippen LogP contribution is 2.21. The molecule has 0 rings (SSSR count). The molecule has 0 amide bonds. The largest absolute Gasteiger partial charge is 0.0864 e. The van der Waals surface area contributed by atoms with Crippen LogP contribution in [0.5, 0.6) is 0 Å². The molecule has 1 atom stereocenters. The van der Waals surface area contributed by atoms with Crippen molar-refractivity contribution >= 4 is 22.6 Å². The van der Waals surface area contributed by atoms with Crippen LogP contribution in [0.15, 0.2) is 0 Å². The van der Waals surface area contributed by atoms with Gasteiger partial charge in [-0.25, -0.2) is 0 Å². The number of hydrogen-bond acceptors (Lipinski definition) is 0. The highest BCUT2D eigenvalue weighted by molar-refractivity contribution is 14.1. The summed E-state index contributed by atoms with van der Waals surface area (Å²) >= 11 is 2.52. The Morgan fingerprint density at radius 2 is 1.43 bits per heavy atom. The van der Waals surface area contributed by atoms with Crippen LogP contribution in [0.3, 0.4) is 0 Å². The maximum Gasteiger partial charge on any atom is -0.000209 e. The molecule has 86 valence electrons. The van der Waals surface area contributed by atoms with Crippen molar-refractivity contribution in [2.45, 2.75) is 71.6 Å². The molecular formula is C13H27I. The molecule has 0 aromatic heterocycles. The van der Waals surface area contributed by atoms with Gasteiger partial charge in [0.15, 0.2) is 0 Å². The van der Waals surface area contributed by atoms with Gasteiger partial charge in [-0.1, -0.05) is 87.8 Å². The van der Waals surface area contributed by atoms with E-state index in [4.69, 9.17) is 0 Å². The van der Waals surface area contributed by atoms with Gasteiger partial charge in [-0.05, 0) is 16.8 Å². The van der Waals surface area contributed by atoms with E-state index < -0.39 is 0 Å². The predicted molar refractivity (Wildman–Crippen MR) is 75.3 cm³/mol. The number of hydrogen-bond donors (Lipinski definition) is 0. The lowest BCUT2D eigenvalue weighted by Gasteiger charge is -2.14. The summed E-state index contributed by atoms with van der Waals surface area (Å²) in [6.45, 7) is 4.59. The van der Waals surface area contributed by atoms with Crippen molar-refractivity contribution in [3.05, 3.63) is 0 Å². The summed E-state index contributed by atoms with van der Waals surface area (Å²) in [5, 5.41) is 0. The monoisotopic (exact) mass is 310 g/mol. The number of rotatable bonds is 10. The van der Waals surface area contributed by atoms with Crippen molar-refractivity contribution in [1.29, 1.82) is 0 Å². The zero-order chi connectivity index (χ0) is 10.6. The van der Waals surface area contributed by atoms with Crippen LogP contribution in [0.2, 0.25) is 0 Å². The molecule has 0 aliphatic rings. The van der Waals surface area contributed by atoms with Crippen molar-refractivity contribution in [1.82, 2.24) is 0 Å². The first-order valence-electron chi connectivity index (χ1n) is 6.41.